The predicted octanol–water partition coefficient (Wildman–Crippen LogP) is 2.57. The SMILES string of the molecule is C=C1CCn2nc(C(=O)N[C@H]3COc4ccc(Cl)cc4C3)cc2O1. The second-order valence-electron chi connectivity index (χ2n) is 5.92. The molecule has 0 fully saturated rings. The van der Waals surface area contributed by atoms with Crippen LogP contribution in [0, 0.1) is 0 Å². The second-order valence-corrected chi connectivity index (χ2v) is 6.36. The molecule has 1 atom stereocenters. The van der Waals surface area contributed by atoms with Crippen molar-refractivity contribution in [1.29, 1.82) is 0 Å². The summed E-state index contributed by atoms with van der Waals surface area (Å²) in [5.74, 6) is 1.80. The number of rotatable bonds is 2. The molecule has 0 radical (unpaired) electrons. The molecule has 24 heavy (non-hydrogen) atoms. The molecule has 1 N–H and O–H groups in total. The van der Waals surface area contributed by atoms with Gasteiger partial charge >= 0.3 is 0 Å². The van der Waals surface area contributed by atoms with Crippen LogP contribution in [0.1, 0.15) is 22.5 Å². The summed E-state index contributed by atoms with van der Waals surface area (Å²) in [6.07, 6.45) is 1.37. The van der Waals surface area contributed by atoms with Gasteiger partial charge in [0.1, 0.15) is 18.1 Å². The third kappa shape index (κ3) is 2.85. The molecular formula is C17H16ClN3O3. The Balaban J connectivity index is 1.46. The van der Waals surface area contributed by atoms with Crippen molar-refractivity contribution in [3.8, 4) is 11.6 Å². The molecule has 0 saturated carbocycles. The van der Waals surface area contributed by atoms with E-state index in [1.165, 1.54) is 0 Å². The lowest BCUT2D eigenvalue weighted by Crippen LogP contribution is -2.42. The highest BCUT2D eigenvalue weighted by molar-refractivity contribution is 6.30. The number of benzene rings is 1. The summed E-state index contributed by atoms with van der Waals surface area (Å²) in [7, 11) is 0. The fourth-order valence-electron chi connectivity index (χ4n) is 2.90. The summed E-state index contributed by atoms with van der Waals surface area (Å²) < 4.78 is 12.9. The fourth-order valence-corrected chi connectivity index (χ4v) is 3.09. The number of fused-ring (bicyclic) bond motifs is 2. The van der Waals surface area contributed by atoms with E-state index in [0.717, 1.165) is 11.3 Å². The number of ether oxygens (including phenoxy) is 2. The van der Waals surface area contributed by atoms with Crippen LogP contribution in [0.2, 0.25) is 5.02 Å². The molecule has 4 rings (SSSR count). The highest BCUT2D eigenvalue weighted by atomic mass is 35.5. The molecule has 2 aromatic rings. The molecule has 1 amide bonds. The van der Waals surface area contributed by atoms with E-state index in [0.29, 0.717) is 48.3 Å². The lowest BCUT2D eigenvalue weighted by Gasteiger charge is -2.25. The third-order valence-electron chi connectivity index (χ3n) is 4.09. The number of nitrogens with one attached hydrogen (secondary N) is 1. The van der Waals surface area contributed by atoms with Gasteiger partial charge in [-0.25, -0.2) is 4.68 Å². The Kier molecular flexibility index (Phi) is 3.69. The Morgan fingerprint density at radius 1 is 1.42 bits per heavy atom. The molecule has 2 aliphatic rings. The van der Waals surface area contributed by atoms with Crippen molar-refractivity contribution in [3.63, 3.8) is 0 Å². The Labute approximate surface area is 144 Å². The highest BCUT2D eigenvalue weighted by Gasteiger charge is 2.25. The van der Waals surface area contributed by atoms with Crippen molar-refractivity contribution in [2.45, 2.75) is 25.4 Å². The van der Waals surface area contributed by atoms with Crippen molar-refractivity contribution in [1.82, 2.24) is 15.1 Å². The predicted molar refractivity (Wildman–Crippen MR) is 88.5 cm³/mol. The maximum absolute atomic E-state index is 12.4. The Bertz CT molecular complexity index is 830. The first-order chi connectivity index (χ1) is 11.6. The van der Waals surface area contributed by atoms with Crippen LogP contribution in [0.25, 0.3) is 0 Å². The molecule has 0 saturated heterocycles. The van der Waals surface area contributed by atoms with Gasteiger partial charge in [-0.15, -0.1) is 0 Å². The highest BCUT2D eigenvalue weighted by Crippen LogP contribution is 2.28. The van der Waals surface area contributed by atoms with Crippen LogP contribution in [-0.4, -0.2) is 28.3 Å². The van der Waals surface area contributed by atoms with Crippen LogP contribution < -0.4 is 14.8 Å². The minimum Gasteiger partial charge on any atom is -0.491 e. The van der Waals surface area contributed by atoms with Crippen LogP contribution >= 0.6 is 11.6 Å². The molecule has 1 aromatic heterocycles. The third-order valence-corrected chi connectivity index (χ3v) is 4.33. The van der Waals surface area contributed by atoms with E-state index in [1.54, 1.807) is 16.8 Å². The number of amides is 1. The number of hydrogen-bond acceptors (Lipinski definition) is 4. The minimum atomic E-state index is -0.245. The smallest absolute Gasteiger partial charge is 0.272 e. The summed E-state index contributed by atoms with van der Waals surface area (Å²) in [6.45, 7) is 4.88. The molecule has 2 aliphatic heterocycles. The number of aryl methyl sites for hydroxylation is 1. The largest absolute Gasteiger partial charge is 0.491 e. The van der Waals surface area contributed by atoms with Crippen molar-refractivity contribution < 1.29 is 14.3 Å². The van der Waals surface area contributed by atoms with Crippen LogP contribution in [0.5, 0.6) is 11.6 Å². The zero-order valence-electron chi connectivity index (χ0n) is 12.9. The Hall–Kier alpha value is -2.47. The van der Waals surface area contributed by atoms with Gasteiger partial charge in [-0.05, 0) is 30.2 Å². The first-order valence-corrected chi connectivity index (χ1v) is 8.12. The van der Waals surface area contributed by atoms with Gasteiger partial charge in [-0.3, -0.25) is 4.79 Å². The Morgan fingerprint density at radius 2 is 2.29 bits per heavy atom. The average Bonchev–Trinajstić information content (AvgIpc) is 2.97. The van der Waals surface area contributed by atoms with Crippen molar-refractivity contribution in [2.24, 2.45) is 0 Å². The van der Waals surface area contributed by atoms with Gasteiger partial charge in [0.05, 0.1) is 12.6 Å². The molecular weight excluding hydrogens is 330 g/mol. The molecule has 3 heterocycles. The van der Waals surface area contributed by atoms with Gasteiger partial charge in [-0.1, -0.05) is 18.2 Å². The van der Waals surface area contributed by atoms with Gasteiger partial charge < -0.3 is 14.8 Å². The summed E-state index contributed by atoms with van der Waals surface area (Å²) >= 11 is 6.02. The number of nitrogens with zero attached hydrogens (tertiary/aromatic N) is 2. The van der Waals surface area contributed by atoms with E-state index in [-0.39, 0.29) is 11.9 Å². The molecule has 1 aromatic carbocycles. The molecule has 6 nitrogen and oxygen atoms in total. The molecule has 7 heteroatoms. The van der Waals surface area contributed by atoms with Crippen LogP contribution in [0.15, 0.2) is 36.6 Å². The lowest BCUT2D eigenvalue weighted by atomic mass is 10.0. The van der Waals surface area contributed by atoms with E-state index < -0.39 is 0 Å². The standard InChI is InChI=1S/C17H16ClN3O3/c1-10-4-5-21-16(24-10)8-14(20-21)17(22)19-13-7-11-6-12(18)2-3-15(11)23-9-13/h2-3,6,8,13H,1,4-5,7,9H2,(H,19,22)/t13-/m1/s1. The number of aromatic nitrogens is 2. The zero-order chi connectivity index (χ0) is 16.7. The van der Waals surface area contributed by atoms with Crippen LogP contribution in [-0.2, 0) is 13.0 Å². The maximum Gasteiger partial charge on any atom is 0.272 e. The van der Waals surface area contributed by atoms with E-state index in [2.05, 4.69) is 17.0 Å². The zero-order valence-corrected chi connectivity index (χ0v) is 13.7. The first kappa shape index (κ1) is 15.1. The summed E-state index contributed by atoms with van der Waals surface area (Å²) in [6, 6.07) is 7.02. The molecule has 0 bridgehead atoms. The van der Waals surface area contributed by atoms with Crippen LogP contribution in [0.3, 0.4) is 0 Å². The molecule has 0 aliphatic carbocycles. The molecule has 124 valence electrons. The number of hydrogen-bond donors (Lipinski definition) is 1. The summed E-state index contributed by atoms with van der Waals surface area (Å²) in [5, 5.41) is 7.90. The van der Waals surface area contributed by atoms with E-state index in [4.69, 9.17) is 21.1 Å². The first-order valence-electron chi connectivity index (χ1n) is 7.74. The number of allylic oxidation sites excluding steroid dienone is 1. The van der Waals surface area contributed by atoms with Gasteiger partial charge in [-0.2, -0.15) is 5.10 Å². The van der Waals surface area contributed by atoms with E-state index in [9.17, 15) is 4.79 Å². The summed E-state index contributed by atoms with van der Waals surface area (Å²) in [4.78, 5) is 12.4. The Morgan fingerprint density at radius 3 is 3.17 bits per heavy atom. The van der Waals surface area contributed by atoms with Gasteiger partial charge in [0, 0.05) is 17.5 Å². The summed E-state index contributed by atoms with van der Waals surface area (Å²) in [5.41, 5.74) is 1.32. The van der Waals surface area contributed by atoms with Crippen molar-refractivity contribution in [2.75, 3.05) is 6.61 Å². The normalized spacial score (nSPS) is 18.9. The quantitative estimate of drug-likeness (QED) is 0.908. The molecule has 0 unspecified atom stereocenters. The van der Waals surface area contributed by atoms with E-state index >= 15 is 0 Å². The van der Waals surface area contributed by atoms with Crippen LogP contribution in [0.4, 0.5) is 0 Å². The minimum absolute atomic E-state index is 0.127. The van der Waals surface area contributed by atoms with Crippen molar-refractivity contribution >= 4 is 17.5 Å². The molecule has 0 spiro atoms. The topological polar surface area (TPSA) is 65.4 Å². The monoisotopic (exact) mass is 345 g/mol. The van der Waals surface area contributed by atoms with Crippen molar-refractivity contribution in [3.05, 3.63) is 52.9 Å². The maximum atomic E-state index is 12.4. The van der Waals surface area contributed by atoms with Gasteiger partial charge in [0.2, 0.25) is 5.88 Å². The number of carbonyl (C=O) groups excluding carboxylic acids is 1. The lowest BCUT2D eigenvalue weighted by molar-refractivity contribution is 0.0909. The van der Waals surface area contributed by atoms with E-state index in [1.807, 2.05) is 12.1 Å². The number of carbonyl (C=O) groups is 1. The second kappa shape index (κ2) is 5.87. The van der Waals surface area contributed by atoms with Gasteiger partial charge in [0.25, 0.3) is 5.91 Å². The fraction of sp³-hybridized carbons (Fsp3) is 0.294. The average molecular weight is 346 g/mol. The number of halogens is 1. The van der Waals surface area contributed by atoms with Gasteiger partial charge in [0.15, 0.2) is 5.69 Å².